The van der Waals surface area contributed by atoms with Crippen LogP contribution in [0.15, 0.2) is 48.5 Å². The minimum Gasteiger partial charge on any atom is -0.369 e. The van der Waals surface area contributed by atoms with E-state index in [0.717, 1.165) is 41.9 Å². The molecule has 1 N–H and O–H groups in total. The van der Waals surface area contributed by atoms with Crippen molar-refractivity contribution < 1.29 is 27.9 Å². The maximum atomic E-state index is 13.9. The molecular weight excluding hydrogens is 505 g/mol. The van der Waals surface area contributed by atoms with Crippen LogP contribution in [0.5, 0.6) is 0 Å². The molecule has 5 nitrogen and oxygen atoms in total. The highest BCUT2D eigenvalue weighted by molar-refractivity contribution is 6.33. The Labute approximate surface area is 220 Å². The van der Waals surface area contributed by atoms with E-state index in [0.29, 0.717) is 41.2 Å². The molecule has 3 atom stereocenters. The number of aryl methyl sites for hydroxylation is 1. The van der Waals surface area contributed by atoms with Crippen LogP contribution in [0.3, 0.4) is 0 Å². The lowest BCUT2D eigenvalue weighted by atomic mass is 9.87. The normalized spacial score (nSPS) is 21.9. The third-order valence-corrected chi connectivity index (χ3v) is 8.11. The molecule has 4 rings (SSSR count). The summed E-state index contributed by atoms with van der Waals surface area (Å²) in [6, 6.07) is 12.1. The number of hydrogen-bond acceptors (Lipinski definition) is 3. The molecule has 0 bridgehead atoms. The van der Waals surface area contributed by atoms with Gasteiger partial charge in [0.2, 0.25) is 0 Å². The number of piperidine rings is 1. The van der Waals surface area contributed by atoms with Crippen LogP contribution < -0.4 is 0 Å². The summed E-state index contributed by atoms with van der Waals surface area (Å²) in [5.74, 6) is -0.0527. The minimum absolute atomic E-state index is 0.138. The van der Waals surface area contributed by atoms with Gasteiger partial charge in [-0.25, -0.2) is 0 Å². The van der Waals surface area contributed by atoms with E-state index in [9.17, 15) is 27.9 Å². The summed E-state index contributed by atoms with van der Waals surface area (Å²) in [6.45, 7) is 0.407. The van der Waals surface area contributed by atoms with E-state index in [-0.39, 0.29) is 19.0 Å². The highest BCUT2D eigenvalue weighted by atomic mass is 35.5. The molecule has 0 unspecified atom stereocenters. The molecule has 37 heavy (non-hydrogen) atoms. The average Bonchev–Trinajstić information content (AvgIpc) is 3.66. The predicted molar refractivity (Wildman–Crippen MR) is 135 cm³/mol. The molecule has 1 aliphatic heterocycles. The van der Waals surface area contributed by atoms with Crippen molar-refractivity contribution >= 4 is 23.4 Å². The SMILES string of the molecule is CN(C)C(=O)c1ccc(CC[C@H]2C[C@@H]2C2CCN(C(=O)[C@](O)(c3ccccc3)C(F)(F)F)CC2)cc1Cl. The zero-order valence-corrected chi connectivity index (χ0v) is 21.7. The Hall–Kier alpha value is -2.58. The van der Waals surface area contributed by atoms with Crippen molar-refractivity contribution in [3.63, 3.8) is 0 Å². The molecule has 2 aromatic rings. The van der Waals surface area contributed by atoms with Gasteiger partial charge in [-0.3, -0.25) is 9.59 Å². The monoisotopic (exact) mass is 536 g/mol. The van der Waals surface area contributed by atoms with Crippen molar-refractivity contribution in [3.05, 3.63) is 70.2 Å². The van der Waals surface area contributed by atoms with Crippen molar-refractivity contribution in [3.8, 4) is 0 Å². The Morgan fingerprint density at radius 3 is 2.30 bits per heavy atom. The summed E-state index contributed by atoms with van der Waals surface area (Å²) in [5, 5.41) is 11.0. The zero-order chi connectivity index (χ0) is 27.0. The van der Waals surface area contributed by atoms with Crippen molar-refractivity contribution in [2.75, 3.05) is 27.2 Å². The maximum Gasteiger partial charge on any atom is 0.430 e. The molecule has 1 heterocycles. The Kier molecular flexibility index (Phi) is 7.91. The van der Waals surface area contributed by atoms with Crippen molar-refractivity contribution in [2.24, 2.45) is 17.8 Å². The van der Waals surface area contributed by atoms with Gasteiger partial charge in [0.25, 0.3) is 17.4 Å². The van der Waals surface area contributed by atoms with Gasteiger partial charge in [0.15, 0.2) is 0 Å². The van der Waals surface area contributed by atoms with Crippen molar-refractivity contribution in [2.45, 2.75) is 43.9 Å². The number of alkyl halides is 3. The van der Waals surface area contributed by atoms with Crippen molar-refractivity contribution in [1.82, 2.24) is 9.80 Å². The maximum absolute atomic E-state index is 13.9. The summed E-state index contributed by atoms with van der Waals surface area (Å²) in [4.78, 5) is 27.7. The van der Waals surface area contributed by atoms with Crippen LogP contribution >= 0.6 is 11.6 Å². The lowest BCUT2D eigenvalue weighted by Crippen LogP contribution is -2.57. The number of amides is 2. The molecule has 0 spiro atoms. The highest BCUT2D eigenvalue weighted by Crippen LogP contribution is 2.50. The topological polar surface area (TPSA) is 60.9 Å². The number of hydrogen-bond donors (Lipinski definition) is 1. The number of halogens is 4. The first kappa shape index (κ1) is 27.5. The summed E-state index contributed by atoms with van der Waals surface area (Å²) < 4.78 is 41.7. The van der Waals surface area contributed by atoms with Gasteiger partial charge in [-0.2, -0.15) is 13.2 Å². The number of carbonyl (C=O) groups is 2. The number of carbonyl (C=O) groups excluding carboxylic acids is 2. The zero-order valence-electron chi connectivity index (χ0n) is 21.0. The predicted octanol–water partition coefficient (Wildman–Crippen LogP) is 5.30. The van der Waals surface area contributed by atoms with Crippen LogP contribution in [0.25, 0.3) is 0 Å². The van der Waals surface area contributed by atoms with Crippen LogP contribution in [0, 0.1) is 17.8 Å². The first-order valence-corrected chi connectivity index (χ1v) is 13.0. The second-order valence-corrected chi connectivity index (χ2v) is 10.8. The van der Waals surface area contributed by atoms with Gasteiger partial charge in [-0.1, -0.05) is 48.0 Å². The number of aliphatic hydroxyl groups is 1. The lowest BCUT2D eigenvalue weighted by Gasteiger charge is -2.38. The van der Waals surface area contributed by atoms with Crippen LogP contribution in [0.4, 0.5) is 13.2 Å². The molecule has 1 saturated heterocycles. The fraction of sp³-hybridized carbons (Fsp3) is 0.500. The molecular formula is C28H32ClF3N2O3. The molecule has 9 heteroatoms. The summed E-state index contributed by atoms with van der Waals surface area (Å²) >= 11 is 6.32. The number of likely N-dealkylation sites (tertiary alicyclic amines) is 1. The molecule has 2 aliphatic rings. The first-order chi connectivity index (χ1) is 17.4. The fourth-order valence-corrected chi connectivity index (χ4v) is 5.79. The van der Waals surface area contributed by atoms with E-state index in [1.165, 1.54) is 23.1 Å². The van der Waals surface area contributed by atoms with Gasteiger partial charge in [-0.15, -0.1) is 0 Å². The highest BCUT2D eigenvalue weighted by Gasteiger charge is 2.62. The fourth-order valence-electron chi connectivity index (χ4n) is 5.51. The Balaban J connectivity index is 1.30. The number of nitrogens with zero attached hydrogens (tertiary/aromatic N) is 2. The smallest absolute Gasteiger partial charge is 0.369 e. The first-order valence-electron chi connectivity index (χ1n) is 12.6. The van der Waals surface area contributed by atoms with Crippen molar-refractivity contribution in [1.29, 1.82) is 0 Å². The molecule has 200 valence electrons. The van der Waals surface area contributed by atoms with Gasteiger partial charge < -0.3 is 14.9 Å². The molecule has 0 aromatic heterocycles. The van der Waals surface area contributed by atoms with E-state index in [1.807, 2.05) is 12.1 Å². The van der Waals surface area contributed by atoms with Gasteiger partial charge in [0, 0.05) is 32.7 Å². The van der Waals surface area contributed by atoms with Crippen LogP contribution in [-0.4, -0.2) is 60.1 Å². The number of benzene rings is 2. The Morgan fingerprint density at radius 2 is 1.73 bits per heavy atom. The summed E-state index contributed by atoms with van der Waals surface area (Å²) in [7, 11) is 3.36. The van der Waals surface area contributed by atoms with E-state index in [2.05, 4.69) is 0 Å². The second kappa shape index (κ2) is 10.7. The molecule has 1 aliphatic carbocycles. The van der Waals surface area contributed by atoms with E-state index >= 15 is 0 Å². The molecule has 2 fully saturated rings. The Bertz CT molecular complexity index is 1130. The molecule has 2 aromatic carbocycles. The molecule has 0 radical (unpaired) electrons. The standard InChI is InChI=1S/C28H32ClF3N2O3/c1-33(2)25(35)22-11-9-18(16-24(22)29)8-10-20-17-23(20)19-12-14-34(15-13-19)26(36)27(37,28(30,31)32)21-6-4-3-5-7-21/h3-7,9,11,16,19-20,23,37H,8,10,12-15,17H2,1-2H3/t20-,23+,27+/m0/s1. The summed E-state index contributed by atoms with van der Waals surface area (Å²) in [6.07, 6.45) is -0.982. The van der Waals surface area contributed by atoms with E-state index < -0.39 is 23.2 Å². The van der Waals surface area contributed by atoms with Crippen LogP contribution in [0.1, 0.15) is 47.2 Å². The quantitative estimate of drug-likeness (QED) is 0.522. The van der Waals surface area contributed by atoms with Gasteiger partial charge >= 0.3 is 6.18 Å². The third kappa shape index (κ3) is 5.65. The minimum atomic E-state index is -5.12. The average molecular weight is 537 g/mol. The second-order valence-electron chi connectivity index (χ2n) is 10.4. The lowest BCUT2D eigenvalue weighted by molar-refractivity contribution is -0.262. The molecule has 2 amide bonds. The van der Waals surface area contributed by atoms with Gasteiger partial charge in [0.05, 0.1) is 10.6 Å². The van der Waals surface area contributed by atoms with Crippen LogP contribution in [-0.2, 0) is 16.8 Å². The summed E-state index contributed by atoms with van der Waals surface area (Å²) in [5.41, 5.74) is -2.46. The van der Waals surface area contributed by atoms with E-state index in [4.69, 9.17) is 11.6 Å². The van der Waals surface area contributed by atoms with Gasteiger partial charge in [0.1, 0.15) is 0 Å². The third-order valence-electron chi connectivity index (χ3n) is 7.79. The van der Waals surface area contributed by atoms with Crippen LogP contribution in [0.2, 0.25) is 5.02 Å². The Morgan fingerprint density at radius 1 is 1.08 bits per heavy atom. The van der Waals surface area contributed by atoms with E-state index in [1.54, 1.807) is 20.2 Å². The molecule has 1 saturated carbocycles. The largest absolute Gasteiger partial charge is 0.430 e. The number of rotatable bonds is 7. The van der Waals surface area contributed by atoms with Gasteiger partial charge in [-0.05, 0) is 67.6 Å².